The summed E-state index contributed by atoms with van der Waals surface area (Å²) in [4.78, 5) is 15.1. The Morgan fingerprint density at radius 2 is 2.31 bits per heavy atom. The lowest BCUT2D eigenvalue weighted by atomic mass is 9.97. The smallest absolute Gasteiger partial charge is 0.273 e. The summed E-state index contributed by atoms with van der Waals surface area (Å²) in [6.07, 6.45) is 2.57. The number of oxazole rings is 1. The molecule has 13 heavy (non-hydrogen) atoms. The van der Waals surface area contributed by atoms with Gasteiger partial charge in [0.2, 0.25) is 0 Å². The molecule has 0 atom stereocenters. The van der Waals surface area contributed by atoms with Gasteiger partial charge in [0.15, 0.2) is 12.1 Å². The van der Waals surface area contributed by atoms with Crippen molar-refractivity contribution >= 4 is 5.91 Å². The van der Waals surface area contributed by atoms with E-state index in [2.05, 4.69) is 31.1 Å². The monoisotopic (exact) mass is 182 g/mol. The van der Waals surface area contributed by atoms with E-state index in [1.54, 1.807) is 0 Å². The third-order valence-corrected chi connectivity index (χ3v) is 1.44. The van der Waals surface area contributed by atoms with Gasteiger partial charge in [-0.3, -0.25) is 4.79 Å². The zero-order valence-corrected chi connectivity index (χ0v) is 8.13. The van der Waals surface area contributed by atoms with Crippen LogP contribution in [0.5, 0.6) is 0 Å². The average Bonchev–Trinajstić information content (AvgIpc) is 2.50. The van der Waals surface area contributed by atoms with E-state index in [-0.39, 0.29) is 11.3 Å². The van der Waals surface area contributed by atoms with E-state index in [1.807, 2.05) is 0 Å². The minimum atomic E-state index is -0.191. The largest absolute Gasteiger partial charge is 0.451 e. The van der Waals surface area contributed by atoms with E-state index in [4.69, 9.17) is 4.42 Å². The summed E-state index contributed by atoms with van der Waals surface area (Å²) in [6.45, 7) is 6.78. The minimum Gasteiger partial charge on any atom is -0.451 e. The van der Waals surface area contributed by atoms with Crippen LogP contribution in [0.2, 0.25) is 0 Å². The van der Waals surface area contributed by atoms with Crippen LogP contribution in [0.3, 0.4) is 0 Å². The van der Waals surface area contributed by atoms with Crippen LogP contribution in [0.1, 0.15) is 31.3 Å². The SMILES string of the molecule is CC(C)(C)CNC(=O)c1cocn1. The fraction of sp³-hybridized carbons (Fsp3) is 0.556. The summed E-state index contributed by atoms with van der Waals surface area (Å²) in [6, 6.07) is 0. The van der Waals surface area contributed by atoms with Gasteiger partial charge in [0.25, 0.3) is 5.91 Å². The molecule has 0 aromatic carbocycles. The van der Waals surface area contributed by atoms with Crippen LogP contribution in [0.25, 0.3) is 0 Å². The van der Waals surface area contributed by atoms with Crippen LogP contribution in [-0.4, -0.2) is 17.4 Å². The quantitative estimate of drug-likeness (QED) is 0.753. The van der Waals surface area contributed by atoms with Gasteiger partial charge >= 0.3 is 0 Å². The van der Waals surface area contributed by atoms with Crippen molar-refractivity contribution in [3.05, 3.63) is 18.4 Å². The number of nitrogens with one attached hydrogen (secondary N) is 1. The van der Waals surface area contributed by atoms with E-state index in [0.717, 1.165) is 0 Å². The van der Waals surface area contributed by atoms with Crippen LogP contribution < -0.4 is 5.32 Å². The first kappa shape index (κ1) is 9.77. The molecule has 0 unspecified atom stereocenters. The molecule has 0 aliphatic carbocycles. The lowest BCUT2D eigenvalue weighted by molar-refractivity contribution is 0.0934. The highest BCUT2D eigenvalue weighted by Crippen LogP contribution is 2.10. The van der Waals surface area contributed by atoms with Gasteiger partial charge < -0.3 is 9.73 Å². The van der Waals surface area contributed by atoms with Crippen molar-refractivity contribution in [1.82, 2.24) is 10.3 Å². The Hall–Kier alpha value is -1.32. The predicted molar refractivity (Wildman–Crippen MR) is 48.3 cm³/mol. The van der Waals surface area contributed by atoms with Gasteiger partial charge in [-0.2, -0.15) is 0 Å². The Kier molecular flexibility index (Phi) is 2.70. The average molecular weight is 182 g/mol. The summed E-state index contributed by atoms with van der Waals surface area (Å²) in [5.41, 5.74) is 0.406. The van der Waals surface area contributed by atoms with Gasteiger partial charge in [-0.15, -0.1) is 0 Å². The maximum absolute atomic E-state index is 11.3. The van der Waals surface area contributed by atoms with Gasteiger partial charge in [-0.05, 0) is 5.41 Å². The van der Waals surface area contributed by atoms with Crippen LogP contribution >= 0.6 is 0 Å². The maximum Gasteiger partial charge on any atom is 0.273 e. The number of nitrogens with zero attached hydrogens (tertiary/aromatic N) is 1. The second-order valence-corrected chi connectivity index (χ2v) is 4.12. The van der Waals surface area contributed by atoms with Crippen molar-refractivity contribution in [2.45, 2.75) is 20.8 Å². The van der Waals surface area contributed by atoms with Crippen molar-refractivity contribution in [3.63, 3.8) is 0 Å². The zero-order chi connectivity index (χ0) is 9.90. The van der Waals surface area contributed by atoms with Crippen molar-refractivity contribution in [2.75, 3.05) is 6.54 Å². The van der Waals surface area contributed by atoms with E-state index in [9.17, 15) is 4.79 Å². The third kappa shape index (κ3) is 3.27. The van der Waals surface area contributed by atoms with Crippen LogP contribution in [0, 0.1) is 5.41 Å². The van der Waals surface area contributed by atoms with E-state index in [0.29, 0.717) is 12.2 Å². The van der Waals surface area contributed by atoms with E-state index >= 15 is 0 Å². The highest BCUT2D eigenvalue weighted by molar-refractivity contribution is 5.91. The van der Waals surface area contributed by atoms with Crippen molar-refractivity contribution in [3.8, 4) is 0 Å². The van der Waals surface area contributed by atoms with Crippen molar-refractivity contribution in [1.29, 1.82) is 0 Å². The molecule has 72 valence electrons. The first-order valence-electron chi connectivity index (χ1n) is 4.15. The Labute approximate surface area is 77.3 Å². The molecule has 1 aromatic heterocycles. The van der Waals surface area contributed by atoms with Gasteiger partial charge in [-0.25, -0.2) is 4.98 Å². The van der Waals surface area contributed by atoms with Crippen LogP contribution in [-0.2, 0) is 0 Å². The molecule has 4 heteroatoms. The number of carbonyl (C=O) groups excluding carboxylic acids is 1. The molecule has 0 fully saturated rings. The summed E-state index contributed by atoms with van der Waals surface area (Å²) in [5.74, 6) is -0.191. The van der Waals surface area contributed by atoms with Gasteiger partial charge in [0.05, 0.1) is 0 Å². The highest BCUT2D eigenvalue weighted by Gasteiger charge is 2.14. The van der Waals surface area contributed by atoms with Gasteiger partial charge in [0, 0.05) is 6.54 Å². The number of amides is 1. The Bertz CT molecular complexity index is 272. The number of aromatic nitrogens is 1. The molecular formula is C9H14N2O2. The van der Waals surface area contributed by atoms with Crippen LogP contribution in [0.4, 0.5) is 0 Å². The van der Waals surface area contributed by atoms with Crippen molar-refractivity contribution in [2.24, 2.45) is 5.41 Å². The number of hydrogen-bond donors (Lipinski definition) is 1. The third-order valence-electron chi connectivity index (χ3n) is 1.44. The molecule has 0 saturated carbocycles. The lowest BCUT2D eigenvalue weighted by Gasteiger charge is -2.17. The fourth-order valence-corrected chi connectivity index (χ4v) is 0.761. The molecule has 1 rings (SSSR count). The van der Waals surface area contributed by atoms with Gasteiger partial charge in [-0.1, -0.05) is 20.8 Å². The number of hydrogen-bond acceptors (Lipinski definition) is 3. The molecule has 1 N–H and O–H groups in total. The molecule has 0 radical (unpaired) electrons. The standard InChI is InChI=1S/C9H14N2O2/c1-9(2,3)5-10-8(12)7-4-13-6-11-7/h4,6H,5H2,1-3H3,(H,10,12). The molecule has 0 bridgehead atoms. The molecule has 0 saturated heterocycles. The summed E-state index contributed by atoms with van der Waals surface area (Å²) < 4.78 is 4.70. The summed E-state index contributed by atoms with van der Waals surface area (Å²) in [5, 5.41) is 2.76. The zero-order valence-electron chi connectivity index (χ0n) is 8.13. The topological polar surface area (TPSA) is 55.1 Å². The summed E-state index contributed by atoms with van der Waals surface area (Å²) in [7, 11) is 0. The molecule has 4 nitrogen and oxygen atoms in total. The first-order valence-corrected chi connectivity index (χ1v) is 4.15. The fourth-order valence-electron chi connectivity index (χ4n) is 0.761. The van der Waals surface area contributed by atoms with Crippen molar-refractivity contribution < 1.29 is 9.21 Å². The van der Waals surface area contributed by atoms with Crippen LogP contribution in [0.15, 0.2) is 17.1 Å². The molecular weight excluding hydrogens is 168 g/mol. The first-order chi connectivity index (χ1) is 5.99. The molecule has 1 aromatic rings. The molecule has 0 aliphatic heterocycles. The second-order valence-electron chi connectivity index (χ2n) is 4.12. The minimum absolute atomic E-state index is 0.0827. The van der Waals surface area contributed by atoms with Gasteiger partial charge in [0.1, 0.15) is 6.26 Å². The van der Waals surface area contributed by atoms with E-state index < -0.39 is 0 Å². The Balaban J connectivity index is 2.44. The number of carbonyl (C=O) groups is 1. The molecule has 1 amide bonds. The maximum atomic E-state index is 11.3. The lowest BCUT2D eigenvalue weighted by Crippen LogP contribution is -2.32. The molecule has 0 aliphatic rings. The normalized spacial score (nSPS) is 11.3. The van der Waals surface area contributed by atoms with E-state index in [1.165, 1.54) is 12.7 Å². The number of rotatable bonds is 2. The summed E-state index contributed by atoms with van der Waals surface area (Å²) >= 11 is 0. The molecule has 0 spiro atoms. The highest BCUT2D eigenvalue weighted by atomic mass is 16.3. The molecule has 1 heterocycles. The Morgan fingerprint density at radius 1 is 1.62 bits per heavy atom. The second kappa shape index (κ2) is 3.60. The Morgan fingerprint density at radius 3 is 2.77 bits per heavy atom. The predicted octanol–water partition coefficient (Wildman–Crippen LogP) is 1.45.